The molecule has 0 spiro atoms. The molecule has 7 heteroatoms. The first-order valence-electron chi connectivity index (χ1n) is 5.90. The third kappa shape index (κ3) is 3.67. The molecule has 0 unspecified atom stereocenters. The average Bonchev–Trinajstić information content (AvgIpc) is 2.43. The maximum absolute atomic E-state index is 12.3. The van der Waals surface area contributed by atoms with Crippen molar-refractivity contribution in [1.82, 2.24) is 4.98 Å². The smallest absolute Gasteiger partial charge is 0.275 e. The number of benzene rings is 1. The quantitative estimate of drug-likeness (QED) is 0.772. The van der Waals surface area contributed by atoms with E-state index in [1.165, 1.54) is 19.2 Å². The first kappa shape index (κ1) is 16.1. The molecule has 0 aliphatic carbocycles. The van der Waals surface area contributed by atoms with Crippen molar-refractivity contribution in [3.8, 4) is 5.75 Å². The molecule has 0 saturated heterocycles. The van der Waals surface area contributed by atoms with Gasteiger partial charge < -0.3 is 10.1 Å². The second-order valence-electron chi connectivity index (χ2n) is 4.22. The Balaban J connectivity index is 2.38. The second-order valence-corrected chi connectivity index (χ2v) is 5.93. The van der Waals surface area contributed by atoms with E-state index in [1.54, 1.807) is 6.07 Å². The SMILES string of the molecule is COc1cc(Br)cc(C)c1NC(=O)c1nc(Cl)ccc1Cl. The molecule has 2 aromatic rings. The number of nitrogens with one attached hydrogen (secondary N) is 1. The number of pyridine rings is 1. The largest absolute Gasteiger partial charge is 0.495 e. The zero-order chi connectivity index (χ0) is 15.6. The number of carbonyl (C=O) groups excluding carboxylic acids is 1. The summed E-state index contributed by atoms with van der Waals surface area (Å²) in [6, 6.07) is 6.67. The van der Waals surface area contributed by atoms with Crippen molar-refractivity contribution < 1.29 is 9.53 Å². The van der Waals surface area contributed by atoms with Crippen molar-refractivity contribution in [3.63, 3.8) is 0 Å². The minimum absolute atomic E-state index is 0.0635. The lowest BCUT2D eigenvalue weighted by molar-refractivity contribution is 0.102. The molecule has 21 heavy (non-hydrogen) atoms. The maximum Gasteiger partial charge on any atom is 0.275 e. The molecule has 0 saturated carbocycles. The van der Waals surface area contributed by atoms with Crippen LogP contribution in [0.5, 0.6) is 5.75 Å². The Bertz CT molecular complexity index is 708. The summed E-state index contributed by atoms with van der Waals surface area (Å²) in [5.74, 6) is 0.0830. The fourth-order valence-electron chi connectivity index (χ4n) is 1.78. The number of amides is 1. The summed E-state index contributed by atoms with van der Waals surface area (Å²) in [6.45, 7) is 1.86. The molecular formula is C14H11BrCl2N2O2. The number of halogens is 3. The van der Waals surface area contributed by atoms with E-state index in [0.29, 0.717) is 11.4 Å². The van der Waals surface area contributed by atoms with Gasteiger partial charge in [0.1, 0.15) is 16.6 Å². The summed E-state index contributed by atoms with van der Waals surface area (Å²) in [6.07, 6.45) is 0. The molecule has 0 atom stereocenters. The average molecular weight is 390 g/mol. The van der Waals surface area contributed by atoms with E-state index in [0.717, 1.165) is 10.0 Å². The Labute approximate surface area is 140 Å². The van der Waals surface area contributed by atoms with Gasteiger partial charge in [0.25, 0.3) is 5.91 Å². The van der Waals surface area contributed by atoms with Gasteiger partial charge in [-0.3, -0.25) is 4.79 Å². The van der Waals surface area contributed by atoms with Crippen LogP contribution in [0, 0.1) is 6.92 Å². The molecule has 1 aromatic heterocycles. The molecule has 1 aromatic carbocycles. The van der Waals surface area contributed by atoms with Crippen LogP contribution < -0.4 is 10.1 Å². The van der Waals surface area contributed by atoms with Crippen LogP contribution in [-0.2, 0) is 0 Å². The minimum Gasteiger partial charge on any atom is -0.495 e. The van der Waals surface area contributed by atoms with Gasteiger partial charge in [-0.2, -0.15) is 0 Å². The molecular weight excluding hydrogens is 379 g/mol. The molecule has 0 bridgehead atoms. The number of rotatable bonds is 3. The predicted octanol–water partition coefficient (Wildman–Crippen LogP) is 4.72. The number of hydrogen-bond acceptors (Lipinski definition) is 3. The Hall–Kier alpha value is -1.30. The molecule has 0 fully saturated rings. The van der Waals surface area contributed by atoms with Crippen molar-refractivity contribution in [3.05, 3.63) is 50.2 Å². The topological polar surface area (TPSA) is 51.2 Å². The van der Waals surface area contributed by atoms with Crippen LogP contribution in [0.1, 0.15) is 16.1 Å². The summed E-state index contributed by atoms with van der Waals surface area (Å²) in [5.41, 5.74) is 1.46. The molecule has 4 nitrogen and oxygen atoms in total. The summed E-state index contributed by atoms with van der Waals surface area (Å²) in [7, 11) is 1.53. The van der Waals surface area contributed by atoms with Crippen LogP contribution in [-0.4, -0.2) is 18.0 Å². The normalized spacial score (nSPS) is 10.3. The molecule has 0 aliphatic rings. The van der Waals surface area contributed by atoms with E-state index in [2.05, 4.69) is 26.2 Å². The van der Waals surface area contributed by atoms with Gasteiger partial charge in [0.2, 0.25) is 0 Å². The van der Waals surface area contributed by atoms with E-state index in [-0.39, 0.29) is 15.9 Å². The third-order valence-electron chi connectivity index (χ3n) is 2.75. The Morgan fingerprint density at radius 1 is 1.33 bits per heavy atom. The Kier molecular flexibility index (Phi) is 5.08. The predicted molar refractivity (Wildman–Crippen MR) is 87.6 cm³/mol. The van der Waals surface area contributed by atoms with Gasteiger partial charge in [0.05, 0.1) is 17.8 Å². The van der Waals surface area contributed by atoms with Crippen LogP contribution in [0.4, 0.5) is 5.69 Å². The van der Waals surface area contributed by atoms with Crippen molar-refractivity contribution in [2.45, 2.75) is 6.92 Å². The number of aryl methyl sites for hydroxylation is 1. The zero-order valence-corrected chi connectivity index (χ0v) is 14.3. The fourth-order valence-corrected chi connectivity index (χ4v) is 2.67. The highest BCUT2D eigenvalue weighted by Gasteiger charge is 2.17. The van der Waals surface area contributed by atoms with Crippen LogP contribution in [0.25, 0.3) is 0 Å². The van der Waals surface area contributed by atoms with Crippen molar-refractivity contribution in [2.24, 2.45) is 0 Å². The van der Waals surface area contributed by atoms with E-state index < -0.39 is 5.91 Å². The van der Waals surface area contributed by atoms with E-state index in [1.807, 2.05) is 13.0 Å². The van der Waals surface area contributed by atoms with Crippen molar-refractivity contribution in [2.75, 3.05) is 12.4 Å². The van der Waals surface area contributed by atoms with Gasteiger partial charge in [-0.15, -0.1) is 0 Å². The molecule has 110 valence electrons. The van der Waals surface area contributed by atoms with E-state index >= 15 is 0 Å². The van der Waals surface area contributed by atoms with Gasteiger partial charge in [0.15, 0.2) is 0 Å². The minimum atomic E-state index is -0.453. The number of aromatic nitrogens is 1. The number of ether oxygens (including phenoxy) is 1. The first-order chi connectivity index (χ1) is 9.92. The highest BCUT2D eigenvalue weighted by Crippen LogP contribution is 2.32. The molecule has 0 aliphatic heterocycles. The van der Waals surface area contributed by atoms with Gasteiger partial charge in [-0.05, 0) is 36.8 Å². The first-order valence-corrected chi connectivity index (χ1v) is 7.44. The lowest BCUT2D eigenvalue weighted by Gasteiger charge is -2.14. The van der Waals surface area contributed by atoms with Crippen molar-refractivity contribution >= 4 is 50.7 Å². The number of carbonyl (C=O) groups is 1. The monoisotopic (exact) mass is 388 g/mol. The molecule has 1 amide bonds. The summed E-state index contributed by atoms with van der Waals surface area (Å²) < 4.78 is 6.13. The second kappa shape index (κ2) is 6.64. The lowest BCUT2D eigenvalue weighted by atomic mass is 10.1. The van der Waals surface area contributed by atoms with Gasteiger partial charge >= 0.3 is 0 Å². The fraction of sp³-hybridized carbons (Fsp3) is 0.143. The summed E-state index contributed by atoms with van der Waals surface area (Å²) in [4.78, 5) is 16.3. The van der Waals surface area contributed by atoms with E-state index in [9.17, 15) is 4.79 Å². The van der Waals surface area contributed by atoms with Crippen molar-refractivity contribution in [1.29, 1.82) is 0 Å². The molecule has 1 heterocycles. The van der Waals surface area contributed by atoms with Gasteiger partial charge in [-0.1, -0.05) is 39.1 Å². The van der Waals surface area contributed by atoms with Gasteiger partial charge in [-0.25, -0.2) is 4.98 Å². The van der Waals surface area contributed by atoms with Crippen LogP contribution >= 0.6 is 39.1 Å². The number of hydrogen-bond donors (Lipinski definition) is 1. The number of anilines is 1. The van der Waals surface area contributed by atoms with Crippen LogP contribution in [0.3, 0.4) is 0 Å². The van der Waals surface area contributed by atoms with Crippen LogP contribution in [0.2, 0.25) is 10.2 Å². The standard InChI is InChI=1S/C14H11BrCl2N2O2/c1-7-5-8(15)6-10(21-2)12(7)19-14(20)13-9(16)3-4-11(17)18-13/h3-6H,1-2H3,(H,19,20). The number of nitrogens with zero attached hydrogens (tertiary/aromatic N) is 1. The highest BCUT2D eigenvalue weighted by molar-refractivity contribution is 9.10. The highest BCUT2D eigenvalue weighted by atomic mass is 79.9. The zero-order valence-electron chi connectivity index (χ0n) is 11.2. The molecule has 1 N–H and O–H groups in total. The number of methoxy groups -OCH3 is 1. The Morgan fingerprint density at radius 3 is 2.71 bits per heavy atom. The molecule has 2 rings (SSSR count). The summed E-state index contributed by atoms with van der Waals surface area (Å²) in [5, 5.41) is 3.18. The Morgan fingerprint density at radius 2 is 2.05 bits per heavy atom. The summed E-state index contributed by atoms with van der Waals surface area (Å²) >= 11 is 15.1. The lowest BCUT2D eigenvalue weighted by Crippen LogP contribution is -2.16. The van der Waals surface area contributed by atoms with Crippen LogP contribution in [0.15, 0.2) is 28.7 Å². The third-order valence-corrected chi connectivity index (χ3v) is 3.72. The van der Waals surface area contributed by atoms with Gasteiger partial charge in [0, 0.05) is 4.47 Å². The van der Waals surface area contributed by atoms with E-state index in [4.69, 9.17) is 27.9 Å². The molecule has 0 radical (unpaired) electrons. The maximum atomic E-state index is 12.3.